The van der Waals surface area contributed by atoms with E-state index in [1.165, 1.54) is 17.5 Å². The average molecular weight is 295 g/mol. The maximum atomic E-state index is 4.37. The van der Waals surface area contributed by atoms with Gasteiger partial charge in [-0.25, -0.2) is 4.98 Å². The van der Waals surface area contributed by atoms with Gasteiger partial charge in [-0.3, -0.25) is 0 Å². The molecule has 0 radical (unpaired) electrons. The second-order valence-electron chi connectivity index (χ2n) is 5.69. The van der Waals surface area contributed by atoms with Crippen LogP contribution in [0.3, 0.4) is 0 Å². The summed E-state index contributed by atoms with van der Waals surface area (Å²) in [4.78, 5) is 8.54. The van der Waals surface area contributed by atoms with Crippen molar-refractivity contribution in [3.8, 4) is 0 Å². The van der Waals surface area contributed by atoms with Gasteiger partial charge in [-0.2, -0.15) is 14.6 Å². The summed E-state index contributed by atoms with van der Waals surface area (Å²) in [5.74, 6) is 1.58. The molecule has 1 atom stereocenters. The van der Waals surface area contributed by atoms with Gasteiger partial charge in [-0.15, -0.1) is 0 Å². The molecular weight excluding hydrogens is 274 g/mol. The van der Waals surface area contributed by atoms with Crippen LogP contribution in [0.15, 0.2) is 36.7 Å². The van der Waals surface area contributed by atoms with E-state index < -0.39 is 0 Å². The van der Waals surface area contributed by atoms with Crippen LogP contribution in [-0.2, 0) is 6.42 Å². The molecule has 1 N–H and O–H groups in total. The predicted molar refractivity (Wildman–Crippen MR) is 88.1 cm³/mol. The Bertz CT molecular complexity index is 760. The van der Waals surface area contributed by atoms with Gasteiger partial charge in [0, 0.05) is 17.8 Å². The topological polar surface area (TPSA) is 55.1 Å². The van der Waals surface area contributed by atoms with Crippen molar-refractivity contribution in [2.24, 2.45) is 0 Å². The second-order valence-corrected chi connectivity index (χ2v) is 5.69. The third-order valence-corrected chi connectivity index (χ3v) is 3.83. The monoisotopic (exact) mass is 295 g/mol. The Morgan fingerprint density at radius 3 is 2.68 bits per heavy atom. The third kappa shape index (κ3) is 3.08. The fraction of sp³-hybridized carbons (Fsp3) is 0.353. The highest BCUT2D eigenvalue weighted by Gasteiger charge is 2.11. The predicted octanol–water partition coefficient (Wildman–Crippen LogP) is 3.17. The number of hydrogen-bond donors (Lipinski definition) is 1. The normalized spacial score (nSPS) is 12.5. The molecule has 0 aliphatic carbocycles. The number of nitrogens with zero attached hydrogens (tertiary/aromatic N) is 4. The SMILES string of the molecule is CCC(Cc1ccc(C)cc1)Nc1cc(C)nc2ncnn12. The Kier molecular flexibility index (Phi) is 4.04. The molecular formula is C17H21N5. The molecule has 0 aliphatic rings. The Morgan fingerprint density at radius 1 is 1.18 bits per heavy atom. The molecule has 3 aromatic rings. The second kappa shape index (κ2) is 6.13. The van der Waals surface area contributed by atoms with Gasteiger partial charge in [0.05, 0.1) is 0 Å². The number of hydrogen-bond acceptors (Lipinski definition) is 4. The molecule has 0 bridgehead atoms. The number of aryl methyl sites for hydroxylation is 2. The van der Waals surface area contributed by atoms with E-state index >= 15 is 0 Å². The fourth-order valence-corrected chi connectivity index (χ4v) is 2.55. The quantitative estimate of drug-likeness (QED) is 0.785. The van der Waals surface area contributed by atoms with Gasteiger partial charge in [0.15, 0.2) is 0 Å². The van der Waals surface area contributed by atoms with Crippen LogP contribution in [0.2, 0.25) is 0 Å². The molecule has 3 rings (SSSR count). The number of fused-ring (bicyclic) bond motifs is 1. The Hall–Kier alpha value is -2.43. The van der Waals surface area contributed by atoms with Crippen LogP contribution in [0.5, 0.6) is 0 Å². The highest BCUT2D eigenvalue weighted by atomic mass is 15.4. The van der Waals surface area contributed by atoms with Crippen molar-refractivity contribution in [1.82, 2.24) is 19.6 Å². The number of nitrogens with one attached hydrogen (secondary N) is 1. The lowest BCUT2D eigenvalue weighted by molar-refractivity contribution is 0.681. The molecule has 114 valence electrons. The summed E-state index contributed by atoms with van der Waals surface area (Å²) in [6.07, 6.45) is 3.55. The van der Waals surface area contributed by atoms with Crippen LogP contribution in [0, 0.1) is 13.8 Å². The van der Waals surface area contributed by atoms with Gasteiger partial charge in [0.2, 0.25) is 0 Å². The largest absolute Gasteiger partial charge is 0.367 e. The first-order chi connectivity index (χ1) is 10.7. The van der Waals surface area contributed by atoms with Crippen LogP contribution < -0.4 is 5.32 Å². The summed E-state index contributed by atoms with van der Waals surface area (Å²) < 4.78 is 1.75. The zero-order chi connectivity index (χ0) is 15.5. The van der Waals surface area contributed by atoms with Gasteiger partial charge in [-0.05, 0) is 32.3 Å². The van der Waals surface area contributed by atoms with Crippen molar-refractivity contribution in [3.05, 3.63) is 53.5 Å². The van der Waals surface area contributed by atoms with Crippen LogP contribution in [0.1, 0.15) is 30.2 Å². The first kappa shape index (κ1) is 14.5. The van der Waals surface area contributed by atoms with Crippen LogP contribution >= 0.6 is 0 Å². The molecule has 5 nitrogen and oxygen atoms in total. The number of aromatic nitrogens is 4. The molecule has 22 heavy (non-hydrogen) atoms. The van der Waals surface area contributed by atoms with Crippen LogP contribution in [0.4, 0.5) is 5.82 Å². The standard InChI is InChI=1S/C17H21N5/c1-4-15(10-14-7-5-12(2)6-8-14)21-16-9-13(3)20-17-18-11-19-22(16)17/h5-9,11,15,21H,4,10H2,1-3H3. The van der Waals surface area contributed by atoms with Crippen LogP contribution in [-0.4, -0.2) is 25.6 Å². The van der Waals surface area contributed by atoms with Gasteiger partial charge >= 0.3 is 0 Å². The minimum Gasteiger partial charge on any atom is -0.367 e. The van der Waals surface area contributed by atoms with Gasteiger partial charge in [0.1, 0.15) is 12.1 Å². The van der Waals surface area contributed by atoms with E-state index in [0.717, 1.165) is 24.4 Å². The molecule has 2 heterocycles. The first-order valence-electron chi connectivity index (χ1n) is 7.65. The smallest absolute Gasteiger partial charge is 0.254 e. The lowest BCUT2D eigenvalue weighted by Gasteiger charge is -2.19. The minimum absolute atomic E-state index is 0.344. The molecule has 5 heteroatoms. The number of benzene rings is 1. The van der Waals surface area contributed by atoms with Crippen molar-refractivity contribution < 1.29 is 0 Å². The molecule has 1 aromatic carbocycles. The summed E-state index contributed by atoms with van der Waals surface area (Å²) in [6.45, 7) is 6.28. The zero-order valence-corrected chi connectivity index (χ0v) is 13.2. The van der Waals surface area contributed by atoms with Crippen molar-refractivity contribution in [1.29, 1.82) is 0 Å². The summed E-state index contributed by atoms with van der Waals surface area (Å²) in [5.41, 5.74) is 3.57. The van der Waals surface area contributed by atoms with E-state index in [1.807, 2.05) is 13.0 Å². The van der Waals surface area contributed by atoms with Crippen molar-refractivity contribution in [2.75, 3.05) is 5.32 Å². The maximum Gasteiger partial charge on any atom is 0.254 e. The summed E-state index contributed by atoms with van der Waals surface area (Å²) in [5, 5.41) is 7.83. The minimum atomic E-state index is 0.344. The average Bonchev–Trinajstić information content (AvgIpc) is 2.97. The molecule has 0 spiro atoms. The summed E-state index contributed by atoms with van der Waals surface area (Å²) in [6, 6.07) is 11.1. The van der Waals surface area contributed by atoms with E-state index in [1.54, 1.807) is 4.52 Å². The van der Waals surface area contributed by atoms with Crippen molar-refractivity contribution >= 4 is 11.6 Å². The van der Waals surface area contributed by atoms with Crippen molar-refractivity contribution in [3.63, 3.8) is 0 Å². The number of anilines is 1. The molecule has 0 amide bonds. The lowest BCUT2D eigenvalue weighted by Crippen LogP contribution is -2.23. The summed E-state index contributed by atoms with van der Waals surface area (Å²) in [7, 11) is 0. The number of rotatable bonds is 5. The van der Waals surface area contributed by atoms with Crippen molar-refractivity contribution in [2.45, 2.75) is 39.7 Å². The molecule has 0 fully saturated rings. The van der Waals surface area contributed by atoms with Crippen LogP contribution in [0.25, 0.3) is 5.78 Å². The van der Waals surface area contributed by atoms with E-state index in [-0.39, 0.29) is 0 Å². The highest BCUT2D eigenvalue weighted by molar-refractivity contribution is 5.45. The Morgan fingerprint density at radius 2 is 1.95 bits per heavy atom. The summed E-state index contributed by atoms with van der Waals surface area (Å²) >= 11 is 0. The van der Waals surface area contributed by atoms with Gasteiger partial charge in [-0.1, -0.05) is 36.8 Å². The first-order valence-corrected chi connectivity index (χ1v) is 7.65. The van der Waals surface area contributed by atoms with E-state index in [0.29, 0.717) is 11.8 Å². The molecule has 0 aliphatic heterocycles. The fourth-order valence-electron chi connectivity index (χ4n) is 2.55. The zero-order valence-electron chi connectivity index (χ0n) is 13.2. The molecule has 1 unspecified atom stereocenters. The van der Waals surface area contributed by atoms with E-state index in [4.69, 9.17) is 0 Å². The third-order valence-electron chi connectivity index (χ3n) is 3.83. The molecule has 2 aromatic heterocycles. The maximum absolute atomic E-state index is 4.37. The Labute approximate surface area is 130 Å². The lowest BCUT2D eigenvalue weighted by atomic mass is 10.0. The molecule has 0 saturated carbocycles. The van der Waals surface area contributed by atoms with E-state index in [2.05, 4.69) is 58.5 Å². The van der Waals surface area contributed by atoms with Gasteiger partial charge in [0.25, 0.3) is 5.78 Å². The van der Waals surface area contributed by atoms with Gasteiger partial charge < -0.3 is 5.32 Å². The highest BCUT2D eigenvalue weighted by Crippen LogP contribution is 2.15. The molecule has 0 saturated heterocycles. The van der Waals surface area contributed by atoms with E-state index in [9.17, 15) is 0 Å². The Balaban J connectivity index is 1.82.